The molecular weight excluding hydrogens is 552 g/mol. The average Bonchev–Trinajstić information content (AvgIpc) is 3.46. The Morgan fingerprint density at radius 2 is 1.69 bits per heavy atom. The number of nitrogens with one attached hydrogen (secondary N) is 2. The molecule has 0 spiro atoms. The highest BCUT2D eigenvalue weighted by molar-refractivity contribution is 7.80. The molecule has 10 heteroatoms. The molecule has 42 heavy (non-hydrogen) atoms. The largest absolute Gasteiger partial charge is 0.461 e. The summed E-state index contributed by atoms with van der Waals surface area (Å²) in [6, 6.07) is 18.6. The number of aromatic nitrogens is 1. The van der Waals surface area contributed by atoms with Crippen molar-refractivity contribution >= 4 is 41.0 Å². The number of piperidine rings is 1. The third-order valence-electron chi connectivity index (χ3n) is 6.97. The van der Waals surface area contributed by atoms with E-state index >= 15 is 0 Å². The molecule has 1 aromatic heterocycles. The van der Waals surface area contributed by atoms with E-state index in [2.05, 4.69) is 16.4 Å². The second kappa shape index (κ2) is 13.7. The van der Waals surface area contributed by atoms with Crippen LogP contribution in [0.25, 0.3) is 0 Å². The molecule has 4 rings (SSSR count). The van der Waals surface area contributed by atoms with E-state index in [9.17, 15) is 14.4 Å². The number of thiocarbonyl (C=S) groups is 1. The first-order chi connectivity index (χ1) is 20.1. The van der Waals surface area contributed by atoms with E-state index in [4.69, 9.17) is 21.7 Å². The summed E-state index contributed by atoms with van der Waals surface area (Å²) in [5.74, 6) is -0.644. The summed E-state index contributed by atoms with van der Waals surface area (Å²) in [6.07, 6.45) is 2.92. The van der Waals surface area contributed by atoms with Crippen molar-refractivity contribution in [1.29, 1.82) is 0 Å². The van der Waals surface area contributed by atoms with Gasteiger partial charge in [0, 0.05) is 24.8 Å². The Morgan fingerprint density at radius 1 is 1.02 bits per heavy atom. The monoisotopic (exact) mass is 590 g/mol. The lowest BCUT2D eigenvalue weighted by molar-refractivity contribution is 0.0204. The van der Waals surface area contributed by atoms with Gasteiger partial charge in [0.2, 0.25) is 0 Å². The molecule has 2 N–H and O–H groups in total. The molecule has 0 radical (unpaired) electrons. The van der Waals surface area contributed by atoms with E-state index in [1.54, 1.807) is 53.3 Å². The number of H-pyrrole nitrogens is 1. The van der Waals surface area contributed by atoms with Crippen molar-refractivity contribution in [3.8, 4) is 0 Å². The molecule has 0 aliphatic carbocycles. The Kier molecular flexibility index (Phi) is 10.0. The van der Waals surface area contributed by atoms with Gasteiger partial charge in [-0.3, -0.25) is 10.1 Å². The minimum atomic E-state index is -0.543. The van der Waals surface area contributed by atoms with Crippen molar-refractivity contribution in [2.45, 2.75) is 58.6 Å². The van der Waals surface area contributed by atoms with Crippen LogP contribution < -0.4 is 10.2 Å². The Bertz CT molecular complexity index is 1410. The molecule has 0 bridgehead atoms. The first kappa shape index (κ1) is 30.8. The number of anilines is 1. The highest BCUT2D eigenvalue weighted by Gasteiger charge is 2.30. The van der Waals surface area contributed by atoms with Gasteiger partial charge in [0.1, 0.15) is 11.3 Å². The Hall–Kier alpha value is -4.18. The summed E-state index contributed by atoms with van der Waals surface area (Å²) in [7, 11) is 0. The van der Waals surface area contributed by atoms with Crippen molar-refractivity contribution in [3.63, 3.8) is 0 Å². The Labute approximate surface area is 252 Å². The molecule has 1 aliphatic heterocycles. The van der Waals surface area contributed by atoms with Crippen LogP contribution in [0.1, 0.15) is 78.4 Å². The van der Waals surface area contributed by atoms with Crippen molar-refractivity contribution < 1.29 is 23.9 Å². The van der Waals surface area contributed by atoms with Crippen LogP contribution in [-0.2, 0) is 16.0 Å². The number of ether oxygens (including phenoxy) is 2. The summed E-state index contributed by atoms with van der Waals surface area (Å²) in [6.45, 7) is 9.05. The van der Waals surface area contributed by atoms with Crippen LogP contribution in [0.2, 0.25) is 0 Å². The fourth-order valence-corrected chi connectivity index (χ4v) is 5.25. The zero-order valence-corrected chi connectivity index (χ0v) is 25.3. The van der Waals surface area contributed by atoms with Crippen LogP contribution in [0, 0.1) is 0 Å². The standard InChI is InChI=1S/C32H38N4O5S/c1-5-40-29(38)27-26(15-18-33-27)36(30(42)34-28(37)23-11-7-6-8-12-23)21-24-13-9-10-14-25(24)22-16-19-35(20-17-22)31(39)41-32(2,3)4/h6-15,18,22,33H,5,16-17,19-21H2,1-4H3,(H,34,37,42). The van der Waals surface area contributed by atoms with Gasteiger partial charge in [-0.25, -0.2) is 9.59 Å². The molecule has 0 saturated carbocycles. The van der Waals surface area contributed by atoms with Crippen LogP contribution in [0.15, 0.2) is 66.9 Å². The second-order valence-electron chi connectivity index (χ2n) is 11.1. The molecule has 2 heterocycles. The molecular formula is C32H38N4O5S. The number of aromatic amines is 1. The predicted octanol–water partition coefficient (Wildman–Crippen LogP) is 6.03. The van der Waals surface area contributed by atoms with E-state index in [1.165, 1.54) is 0 Å². The number of nitrogens with zero attached hydrogens (tertiary/aromatic N) is 2. The minimum Gasteiger partial charge on any atom is -0.461 e. The number of hydrogen-bond acceptors (Lipinski definition) is 6. The van der Waals surface area contributed by atoms with E-state index in [-0.39, 0.29) is 35.3 Å². The molecule has 3 aromatic rings. The van der Waals surface area contributed by atoms with Gasteiger partial charge >= 0.3 is 12.1 Å². The lowest BCUT2D eigenvalue weighted by Crippen LogP contribution is -2.43. The van der Waals surface area contributed by atoms with Gasteiger partial charge in [-0.1, -0.05) is 42.5 Å². The number of likely N-dealkylation sites (tertiary alicyclic amines) is 1. The van der Waals surface area contributed by atoms with Gasteiger partial charge in [-0.05, 0) is 88.0 Å². The number of benzene rings is 2. The third kappa shape index (κ3) is 7.76. The van der Waals surface area contributed by atoms with Gasteiger partial charge in [-0.2, -0.15) is 0 Å². The van der Waals surface area contributed by atoms with Gasteiger partial charge in [0.25, 0.3) is 5.91 Å². The van der Waals surface area contributed by atoms with Crippen LogP contribution in [0.5, 0.6) is 0 Å². The highest BCUT2D eigenvalue weighted by atomic mass is 32.1. The summed E-state index contributed by atoms with van der Waals surface area (Å²) in [5.41, 5.74) is 2.81. The van der Waals surface area contributed by atoms with Gasteiger partial charge in [-0.15, -0.1) is 0 Å². The topological polar surface area (TPSA) is 104 Å². The molecule has 2 amide bonds. The lowest BCUT2D eigenvalue weighted by atomic mass is 9.86. The molecule has 2 aromatic carbocycles. The fraction of sp³-hybridized carbons (Fsp3) is 0.375. The number of rotatable bonds is 7. The first-order valence-corrected chi connectivity index (χ1v) is 14.6. The van der Waals surface area contributed by atoms with E-state index in [0.717, 1.165) is 24.0 Å². The maximum Gasteiger partial charge on any atom is 0.410 e. The molecule has 9 nitrogen and oxygen atoms in total. The van der Waals surface area contributed by atoms with Crippen molar-refractivity contribution in [2.75, 3.05) is 24.6 Å². The number of carbonyl (C=O) groups is 3. The maximum absolute atomic E-state index is 13.0. The van der Waals surface area contributed by atoms with Crippen molar-refractivity contribution in [3.05, 3.63) is 89.2 Å². The molecule has 222 valence electrons. The van der Waals surface area contributed by atoms with E-state index < -0.39 is 11.6 Å². The molecule has 0 unspecified atom stereocenters. The lowest BCUT2D eigenvalue weighted by Gasteiger charge is -2.35. The average molecular weight is 591 g/mol. The van der Waals surface area contributed by atoms with Gasteiger partial charge in [0.05, 0.1) is 18.8 Å². The molecule has 1 fully saturated rings. The summed E-state index contributed by atoms with van der Waals surface area (Å²) >= 11 is 5.77. The minimum absolute atomic E-state index is 0.156. The Morgan fingerprint density at radius 3 is 2.36 bits per heavy atom. The number of carbonyl (C=O) groups excluding carboxylic acids is 3. The molecule has 1 saturated heterocycles. The molecule has 0 atom stereocenters. The van der Waals surface area contributed by atoms with Crippen LogP contribution in [-0.4, -0.2) is 58.3 Å². The zero-order valence-electron chi connectivity index (χ0n) is 24.5. The second-order valence-corrected chi connectivity index (χ2v) is 11.5. The van der Waals surface area contributed by atoms with E-state index in [1.807, 2.05) is 45.0 Å². The highest BCUT2D eigenvalue weighted by Crippen LogP contribution is 2.33. The number of esters is 1. The van der Waals surface area contributed by atoms with Crippen molar-refractivity contribution in [1.82, 2.24) is 15.2 Å². The van der Waals surface area contributed by atoms with E-state index in [0.29, 0.717) is 30.9 Å². The normalized spacial score (nSPS) is 13.8. The number of amides is 2. The number of hydrogen-bond donors (Lipinski definition) is 2. The molecule has 1 aliphatic rings. The smallest absolute Gasteiger partial charge is 0.410 e. The summed E-state index contributed by atoms with van der Waals surface area (Å²) in [4.78, 5) is 44.9. The van der Waals surface area contributed by atoms with Gasteiger partial charge in [0.15, 0.2) is 5.11 Å². The summed E-state index contributed by atoms with van der Waals surface area (Å²) in [5, 5.41) is 2.99. The summed E-state index contributed by atoms with van der Waals surface area (Å²) < 4.78 is 10.8. The zero-order chi connectivity index (χ0) is 30.3. The quantitative estimate of drug-likeness (QED) is 0.256. The van der Waals surface area contributed by atoms with Crippen LogP contribution in [0.4, 0.5) is 10.5 Å². The third-order valence-corrected chi connectivity index (χ3v) is 7.29. The van der Waals surface area contributed by atoms with Crippen LogP contribution >= 0.6 is 12.2 Å². The first-order valence-electron chi connectivity index (χ1n) is 14.2. The fourth-order valence-electron chi connectivity index (χ4n) is 4.99. The SMILES string of the molecule is CCOC(=O)c1[nH]ccc1N(Cc1ccccc1C1CCN(C(=O)OC(C)(C)C)CC1)C(=S)NC(=O)c1ccccc1. The van der Waals surface area contributed by atoms with Crippen molar-refractivity contribution in [2.24, 2.45) is 0 Å². The van der Waals surface area contributed by atoms with Crippen LogP contribution in [0.3, 0.4) is 0 Å². The van der Waals surface area contributed by atoms with Gasteiger partial charge < -0.3 is 24.3 Å². The maximum atomic E-state index is 13.0. The predicted molar refractivity (Wildman–Crippen MR) is 166 cm³/mol. The Balaban J connectivity index is 1.59.